The molecule has 1 nitrogen and oxygen atoms in total. The van der Waals surface area contributed by atoms with E-state index < -0.39 is 8.07 Å². The number of benzene rings is 2. The van der Waals surface area contributed by atoms with Crippen molar-refractivity contribution in [1.82, 2.24) is 0 Å². The Morgan fingerprint density at radius 3 is 1.52 bits per heavy atom. The van der Waals surface area contributed by atoms with E-state index in [4.69, 9.17) is 4.74 Å². The molecule has 0 bridgehead atoms. The van der Waals surface area contributed by atoms with Gasteiger partial charge in [-0.1, -0.05) is 91.8 Å². The molecule has 1 fully saturated rings. The summed E-state index contributed by atoms with van der Waals surface area (Å²) in [5, 5.41) is 3.13. The third-order valence-electron chi connectivity index (χ3n) is 4.91. The van der Waals surface area contributed by atoms with E-state index in [0.29, 0.717) is 0 Å². The maximum atomic E-state index is 6.06. The molecular weight excluding hydrogens is 272 g/mol. The standard InChI is InChI=1S/C19H24OSi/c1-18(2,3)21(19(4)15-20-19,16-11-7-5-8-12-16)17-13-9-6-10-14-17/h5-14H,15H2,1-4H3. The van der Waals surface area contributed by atoms with Gasteiger partial charge in [-0.05, 0) is 12.0 Å². The Bertz CT molecular complexity index is 562. The van der Waals surface area contributed by atoms with E-state index in [1.807, 2.05) is 0 Å². The van der Waals surface area contributed by atoms with Crippen molar-refractivity contribution in [3.63, 3.8) is 0 Å². The van der Waals surface area contributed by atoms with E-state index >= 15 is 0 Å². The van der Waals surface area contributed by atoms with Crippen LogP contribution in [0.2, 0.25) is 5.04 Å². The largest absolute Gasteiger partial charge is 0.373 e. The van der Waals surface area contributed by atoms with Crippen LogP contribution in [0.5, 0.6) is 0 Å². The Morgan fingerprint density at radius 1 is 0.857 bits per heavy atom. The van der Waals surface area contributed by atoms with Crippen molar-refractivity contribution in [2.24, 2.45) is 0 Å². The zero-order chi connectivity index (χ0) is 15.1. The van der Waals surface area contributed by atoms with E-state index in [1.54, 1.807) is 0 Å². The molecule has 3 rings (SSSR count). The maximum absolute atomic E-state index is 6.06. The summed E-state index contributed by atoms with van der Waals surface area (Å²) in [5.41, 5.74) is 0. The van der Waals surface area contributed by atoms with Gasteiger partial charge in [0.1, 0.15) is 0 Å². The van der Waals surface area contributed by atoms with Crippen LogP contribution in [0.15, 0.2) is 60.7 Å². The molecule has 1 unspecified atom stereocenters. The Hall–Kier alpha value is -1.38. The fourth-order valence-corrected chi connectivity index (χ4v) is 10.9. The van der Waals surface area contributed by atoms with Crippen LogP contribution in [0, 0.1) is 0 Å². The van der Waals surface area contributed by atoms with Crippen LogP contribution in [-0.4, -0.2) is 19.9 Å². The highest BCUT2D eigenvalue weighted by Gasteiger charge is 2.66. The molecule has 2 heteroatoms. The zero-order valence-corrected chi connectivity index (χ0v) is 14.4. The van der Waals surface area contributed by atoms with Gasteiger partial charge in [-0.25, -0.2) is 0 Å². The molecule has 2 aromatic rings. The maximum Gasteiger partial charge on any atom is 0.160 e. The quantitative estimate of drug-likeness (QED) is 0.625. The molecule has 0 aliphatic carbocycles. The number of rotatable bonds is 3. The lowest BCUT2D eigenvalue weighted by molar-refractivity contribution is 0.381. The minimum Gasteiger partial charge on any atom is -0.373 e. The monoisotopic (exact) mass is 296 g/mol. The highest BCUT2D eigenvalue weighted by Crippen LogP contribution is 2.49. The van der Waals surface area contributed by atoms with Crippen molar-refractivity contribution in [2.45, 2.75) is 38.0 Å². The predicted octanol–water partition coefficient (Wildman–Crippen LogP) is 3.38. The van der Waals surface area contributed by atoms with Gasteiger partial charge in [0, 0.05) is 0 Å². The van der Waals surface area contributed by atoms with Crippen LogP contribution >= 0.6 is 0 Å². The fourth-order valence-electron chi connectivity index (χ4n) is 4.14. The van der Waals surface area contributed by atoms with Crippen LogP contribution in [0.1, 0.15) is 27.7 Å². The molecule has 110 valence electrons. The summed E-state index contributed by atoms with van der Waals surface area (Å²) in [6.45, 7) is 10.3. The summed E-state index contributed by atoms with van der Waals surface area (Å²) in [4.78, 5) is 0. The Balaban J connectivity index is 2.33. The lowest BCUT2D eigenvalue weighted by atomic mass is 10.2. The topological polar surface area (TPSA) is 12.5 Å². The van der Waals surface area contributed by atoms with Gasteiger partial charge in [-0.15, -0.1) is 0 Å². The third kappa shape index (κ3) is 2.09. The Labute approximate surface area is 129 Å². The lowest BCUT2D eigenvalue weighted by Crippen LogP contribution is -2.72. The van der Waals surface area contributed by atoms with Gasteiger partial charge in [-0.2, -0.15) is 0 Å². The molecule has 1 aliphatic rings. The molecule has 0 saturated carbocycles. The summed E-state index contributed by atoms with van der Waals surface area (Å²) < 4.78 is 6.06. The number of epoxide rings is 1. The molecule has 0 aromatic heterocycles. The first-order chi connectivity index (χ1) is 9.92. The van der Waals surface area contributed by atoms with Crippen molar-refractivity contribution in [2.75, 3.05) is 6.61 Å². The minimum atomic E-state index is -2.06. The first-order valence-corrected chi connectivity index (χ1v) is 9.67. The lowest BCUT2D eigenvalue weighted by Gasteiger charge is -2.47. The summed E-state index contributed by atoms with van der Waals surface area (Å²) in [6.07, 6.45) is 0. The average molecular weight is 296 g/mol. The average Bonchev–Trinajstić information content (AvgIpc) is 3.19. The fraction of sp³-hybridized carbons (Fsp3) is 0.368. The van der Waals surface area contributed by atoms with Gasteiger partial charge in [0.05, 0.1) is 11.8 Å². The molecule has 2 aromatic carbocycles. The highest BCUT2D eigenvalue weighted by atomic mass is 28.3. The Kier molecular flexibility index (Phi) is 3.34. The molecule has 0 spiro atoms. The normalized spacial score (nSPS) is 22.1. The molecule has 1 heterocycles. The molecule has 1 saturated heterocycles. The summed E-state index contributed by atoms with van der Waals surface area (Å²) in [7, 11) is -2.06. The smallest absolute Gasteiger partial charge is 0.160 e. The molecule has 0 N–H and O–H groups in total. The van der Waals surface area contributed by atoms with Crippen LogP contribution in [0.4, 0.5) is 0 Å². The second-order valence-electron chi connectivity index (χ2n) is 7.25. The van der Waals surface area contributed by atoms with Gasteiger partial charge in [0.25, 0.3) is 0 Å². The summed E-state index contributed by atoms with van der Waals surface area (Å²) in [5.74, 6) is 0. The van der Waals surface area contributed by atoms with Crippen LogP contribution in [-0.2, 0) is 4.74 Å². The van der Waals surface area contributed by atoms with E-state index in [9.17, 15) is 0 Å². The number of hydrogen-bond acceptors (Lipinski definition) is 1. The second kappa shape index (κ2) is 4.82. The zero-order valence-electron chi connectivity index (χ0n) is 13.4. The second-order valence-corrected chi connectivity index (χ2v) is 12.5. The third-order valence-corrected chi connectivity index (χ3v) is 11.4. The number of ether oxygens (including phenoxy) is 1. The summed E-state index contributed by atoms with van der Waals surface area (Å²) >= 11 is 0. The van der Waals surface area contributed by atoms with Crippen molar-refractivity contribution in [3.05, 3.63) is 60.7 Å². The molecule has 0 radical (unpaired) electrons. The van der Waals surface area contributed by atoms with Crippen LogP contribution in [0.3, 0.4) is 0 Å². The molecule has 0 amide bonds. The van der Waals surface area contributed by atoms with Crippen molar-refractivity contribution in [1.29, 1.82) is 0 Å². The molecular formula is C19H24OSi. The van der Waals surface area contributed by atoms with E-state index in [1.165, 1.54) is 10.4 Å². The molecule has 1 atom stereocenters. The first kappa shape index (κ1) is 14.5. The van der Waals surface area contributed by atoms with Crippen molar-refractivity contribution >= 4 is 18.4 Å². The number of hydrogen-bond donors (Lipinski definition) is 0. The van der Waals surface area contributed by atoms with E-state index in [0.717, 1.165) is 6.61 Å². The van der Waals surface area contributed by atoms with Gasteiger partial charge in [-0.3, -0.25) is 0 Å². The SMILES string of the molecule is CC(C)(C)[Si](c1ccccc1)(c1ccccc1)C1(C)CO1. The van der Waals surface area contributed by atoms with Gasteiger partial charge < -0.3 is 4.74 Å². The van der Waals surface area contributed by atoms with Gasteiger partial charge in [0.2, 0.25) is 0 Å². The minimum absolute atomic E-state index is 0.00600. The van der Waals surface area contributed by atoms with Crippen LogP contribution in [0.25, 0.3) is 0 Å². The van der Waals surface area contributed by atoms with E-state index in [2.05, 4.69) is 88.4 Å². The first-order valence-electron chi connectivity index (χ1n) is 7.67. The van der Waals surface area contributed by atoms with Crippen molar-refractivity contribution < 1.29 is 4.74 Å². The van der Waals surface area contributed by atoms with Gasteiger partial charge >= 0.3 is 0 Å². The molecule has 1 aliphatic heterocycles. The Morgan fingerprint density at radius 2 is 1.24 bits per heavy atom. The van der Waals surface area contributed by atoms with Gasteiger partial charge in [0.15, 0.2) is 8.07 Å². The predicted molar refractivity (Wildman–Crippen MR) is 92.0 cm³/mol. The van der Waals surface area contributed by atoms with Crippen molar-refractivity contribution in [3.8, 4) is 0 Å². The van der Waals surface area contributed by atoms with Crippen LogP contribution < -0.4 is 10.4 Å². The highest BCUT2D eigenvalue weighted by molar-refractivity contribution is 7.06. The summed E-state index contributed by atoms with van der Waals surface area (Å²) in [6, 6.07) is 22.1. The molecule has 21 heavy (non-hydrogen) atoms. The van der Waals surface area contributed by atoms with E-state index in [-0.39, 0.29) is 10.3 Å².